The topological polar surface area (TPSA) is 82.0 Å². The Morgan fingerprint density at radius 3 is 2.52 bits per heavy atom. The molecule has 0 N–H and O–H groups in total. The number of oxime groups is 1. The van der Waals surface area contributed by atoms with E-state index < -0.39 is 16.1 Å². The van der Waals surface area contributed by atoms with Crippen molar-refractivity contribution in [3.63, 3.8) is 0 Å². The lowest BCUT2D eigenvalue weighted by Gasteiger charge is -2.10. The Kier molecular flexibility index (Phi) is 4.73. The van der Waals surface area contributed by atoms with Crippen molar-refractivity contribution in [2.45, 2.75) is 11.8 Å². The predicted molar refractivity (Wildman–Crippen MR) is 95.6 cm³/mol. The fourth-order valence-corrected chi connectivity index (χ4v) is 3.49. The van der Waals surface area contributed by atoms with Crippen LogP contribution in [0.15, 0.2) is 68.6 Å². The van der Waals surface area contributed by atoms with Gasteiger partial charge in [-0.1, -0.05) is 39.3 Å². The van der Waals surface area contributed by atoms with Gasteiger partial charge in [0.2, 0.25) is 0 Å². The normalized spacial score (nSPS) is 15.8. The van der Waals surface area contributed by atoms with Gasteiger partial charge < -0.3 is 9.02 Å². The maximum atomic E-state index is 12.4. The minimum absolute atomic E-state index is 0.0366. The van der Waals surface area contributed by atoms with E-state index in [0.29, 0.717) is 15.7 Å². The fraction of sp³-hybridized carbons (Fsp3) is 0.0588. The van der Waals surface area contributed by atoms with Gasteiger partial charge in [-0.05, 0) is 43.3 Å². The first kappa shape index (κ1) is 17.4. The lowest BCUT2D eigenvalue weighted by atomic mass is 10.1. The summed E-state index contributed by atoms with van der Waals surface area (Å²) in [6.45, 7) is 1.62. The third-order valence-electron chi connectivity index (χ3n) is 3.38. The molecule has 8 heteroatoms. The van der Waals surface area contributed by atoms with Crippen LogP contribution in [0, 0.1) is 0 Å². The summed E-state index contributed by atoms with van der Waals surface area (Å²) < 4.78 is 30.8. The van der Waals surface area contributed by atoms with E-state index in [1.807, 2.05) is 0 Å². The van der Waals surface area contributed by atoms with E-state index in [4.69, 9.17) is 4.18 Å². The molecule has 128 valence electrons. The standard InChI is InChI=1S/C17H12BrNO5S/c1-11-15(17(20)23-19-11)10-12-9-13(18)7-8-16(12)24-25(21,22)14-5-3-2-4-6-14/h2-10H,1H3/b15-10-. The molecule has 25 heavy (non-hydrogen) atoms. The van der Waals surface area contributed by atoms with Crippen LogP contribution in [0.25, 0.3) is 6.08 Å². The second-order valence-electron chi connectivity index (χ2n) is 5.15. The van der Waals surface area contributed by atoms with E-state index in [1.54, 1.807) is 37.3 Å². The molecule has 0 atom stereocenters. The number of benzene rings is 2. The van der Waals surface area contributed by atoms with Crippen molar-refractivity contribution >= 4 is 43.8 Å². The minimum Gasteiger partial charge on any atom is -0.378 e. The van der Waals surface area contributed by atoms with Gasteiger partial charge in [0.15, 0.2) is 0 Å². The van der Waals surface area contributed by atoms with Gasteiger partial charge in [0.05, 0.1) is 11.3 Å². The molecule has 0 amide bonds. The average molecular weight is 422 g/mol. The third-order valence-corrected chi connectivity index (χ3v) is 5.12. The highest BCUT2D eigenvalue weighted by Crippen LogP contribution is 2.29. The summed E-state index contributed by atoms with van der Waals surface area (Å²) in [5.74, 6) is -0.513. The second kappa shape index (κ2) is 6.81. The van der Waals surface area contributed by atoms with Gasteiger partial charge in [0.25, 0.3) is 0 Å². The van der Waals surface area contributed by atoms with Gasteiger partial charge in [-0.3, -0.25) is 0 Å². The predicted octanol–water partition coefficient (Wildman–Crippen LogP) is 3.53. The zero-order chi connectivity index (χ0) is 18.0. The fourth-order valence-electron chi connectivity index (χ4n) is 2.14. The highest BCUT2D eigenvalue weighted by Gasteiger charge is 2.24. The number of rotatable bonds is 4. The molecule has 0 aliphatic carbocycles. The lowest BCUT2D eigenvalue weighted by Crippen LogP contribution is -2.10. The van der Waals surface area contributed by atoms with Crippen LogP contribution in [0.2, 0.25) is 0 Å². The summed E-state index contributed by atoms with van der Waals surface area (Å²) in [4.78, 5) is 16.4. The Hall–Kier alpha value is -2.45. The molecule has 2 aromatic rings. The first-order valence-electron chi connectivity index (χ1n) is 7.14. The average Bonchev–Trinajstić information content (AvgIpc) is 2.90. The summed E-state index contributed by atoms with van der Waals surface area (Å²) in [7, 11) is -4.00. The van der Waals surface area contributed by atoms with E-state index in [0.717, 1.165) is 0 Å². The van der Waals surface area contributed by atoms with Crippen LogP contribution in [0.5, 0.6) is 5.75 Å². The third kappa shape index (κ3) is 3.80. The molecule has 0 radical (unpaired) electrons. The Bertz CT molecular complexity index is 997. The molecule has 0 aromatic heterocycles. The largest absolute Gasteiger partial charge is 0.378 e. The van der Waals surface area contributed by atoms with E-state index >= 15 is 0 Å². The summed E-state index contributed by atoms with van der Waals surface area (Å²) in [6.07, 6.45) is 1.48. The van der Waals surface area contributed by atoms with Gasteiger partial charge >= 0.3 is 16.1 Å². The Labute approximate surface area is 153 Å². The van der Waals surface area contributed by atoms with E-state index in [-0.39, 0.29) is 16.2 Å². The van der Waals surface area contributed by atoms with Crippen molar-refractivity contribution in [2.24, 2.45) is 5.16 Å². The number of hydrogen-bond acceptors (Lipinski definition) is 6. The van der Waals surface area contributed by atoms with Crippen molar-refractivity contribution in [1.82, 2.24) is 0 Å². The summed E-state index contributed by atoms with van der Waals surface area (Å²) >= 11 is 3.32. The van der Waals surface area contributed by atoms with Crippen molar-refractivity contribution in [3.8, 4) is 5.75 Å². The minimum atomic E-state index is -4.00. The SMILES string of the molecule is CC1=NOC(=O)/C1=C\c1cc(Br)ccc1OS(=O)(=O)c1ccccc1. The van der Waals surface area contributed by atoms with Crippen molar-refractivity contribution < 1.29 is 22.2 Å². The molecule has 0 saturated heterocycles. The molecule has 0 spiro atoms. The Morgan fingerprint density at radius 2 is 1.88 bits per heavy atom. The lowest BCUT2D eigenvalue weighted by molar-refractivity contribution is -0.136. The van der Waals surface area contributed by atoms with Crippen LogP contribution in [0.4, 0.5) is 0 Å². The molecule has 0 saturated carbocycles. The van der Waals surface area contributed by atoms with Crippen LogP contribution >= 0.6 is 15.9 Å². The Morgan fingerprint density at radius 1 is 1.16 bits per heavy atom. The first-order chi connectivity index (χ1) is 11.9. The highest BCUT2D eigenvalue weighted by atomic mass is 79.9. The summed E-state index contributed by atoms with van der Waals surface area (Å²) in [5, 5.41) is 3.60. The Balaban J connectivity index is 2.02. The van der Waals surface area contributed by atoms with Crippen molar-refractivity contribution in [2.75, 3.05) is 0 Å². The molecule has 1 heterocycles. The van der Waals surface area contributed by atoms with Crippen LogP contribution < -0.4 is 4.18 Å². The van der Waals surface area contributed by atoms with Gasteiger partial charge in [-0.15, -0.1) is 0 Å². The van der Waals surface area contributed by atoms with E-state index in [9.17, 15) is 13.2 Å². The number of halogens is 1. The molecule has 0 unspecified atom stereocenters. The monoisotopic (exact) mass is 421 g/mol. The van der Waals surface area contributed by atoms with Crippen LogP contribution in [-0.4, -0.2) is 20.1 Å². The van der Waals surface area contributed by atoms with Crippen molar-refractivity contribution in [3.05, 3.63) is 64.1 Å². The molecular formula is C17H12BrNO5S. The van der Waals surface area contributed by atoms with Gasteiger partial charge in [-0.25, -0.2) is 4.79 Å². The number of hydrogen-bond donors (Lipinski definition) is 0. The molecule has 0 bridgehead atoms. The van der Waals surface area contributed by atoms with Crippen LogP contribution in [-0.2, 0) is 19.8 Å². The summed E-state index contributed by atoms with van der Waals surface area (Å²) in [6, 6.07) is 12.6. The summed E-state index contributed by atoms with van der Waals surface area (Å²) in [5.41, 5.74) is 1.04. The van der Waals surface area contributed by atoms with Gasteiger partial charge in [-0.2, -0.15) is 8.42 Å². The highest BCUT2D eigenvalue weighted by molar-refractivity contribution is 9.10. The quantitative estimate of drug-likeness (QED) is 0.428. The first-order valence-corrected chi connectivity index (χ1v) is 9.34. The number of carbonyl (C=O) groups is 1. The zero-order valence-corrected chi connectivity index (χ0v) is 15.4. The zero-order valence-electron chi connectivity index (χ0n) is 13.0. The molecular weight excluding hydrogens is 410 g/mol. The molecule has 2 aromatic carbocycles. The van der Waals surface area contributed by atoms with Crippen molar-refractivity contribution in [1.29, 1.82) is 0 Å². The van der Waals surface area contributed by atoms with E-state index in [1.165, 1.54) is 24.3 Å². The van der Waals surface area contributed by atoms with Crippen LogP contribution in [0.3, 0.4) is 0 Å². The van der Waals surface area contributed by atoms with Crippen LogP contribution in [0.1, 0.15) is 12.5 Å². The molecule has 0 fully saturated rings. The second-order valence-corrected chi connectivity index (χ2v) is 7.61. The maximum absolute atomic E-state index is 12.4. The number of nitrogens with zero attached hydrogens (tertiary/aromatic N) is 1. The molecule has 1 aliphatic rings. The maximum Gasteiger partial charge on any atom is 0.367 e. The number of carbonyl (C=O) groups excluding carboxylic acids is 1. The molecule has 3 rings (SSSR count). The van der Waals surface area contributed by atoms with Gasteiger partial charge in [0.1, 0.15) is 10.6 Å². The van der Waals surface area contributed by atoms with E-state index in [2.05, 4.69) is 25.9 Å². The molecule has 1 aliphatic heterocycles. The van der Waals surface area contributed by atoms with Gasteiger partial charge in [0, 0.05) is 10.0 Å². The molecule has 6 nitrogen and oxygen atoms in total. The smallest absolute Gasteiger partial charge is 0.367 e.